The quantitative estimate of drug-likeness (QED) is 0.607. The van der Waals surface area contributed by atoms with Crippen LogP contribution >= 0.6 is 34.1 Å². The van der Waals surface area contributed by atoms with Crippen LogP contribution in [0.25, 0.3) is 0 Å². The molecule has 0 aliphatic heterocycles. The van der Waals surface area contributed by atoms with Crippen molar-refractivity contribution in [1.82, 2.24) is 0 Å². The molecule has 1 aromatic rings. The van der Waals surface area contributed by atoms with Crippen molar-refractivity contribution in [1.29, 1.82) is 0 Å². The lowest BCUT2D eigenvalue weighted by Gasteiger charge is -1.89. The van der Waals surface area contributed by atoms with E-state index in [1.54, 1.807) is 0 Å². The zero-order chi connectivity index (χ0) is 5.82. The largest absolute Gasteiger partial charge is 0.147 e. The van der Waals surface area contributed by atoms with Gasteiger partial charge in [-0.3, -0.25) is 0 Å². The van der Waals surface area contributed by atoms with Crippen molar-refractivity contribution in [3.63, 3.8) is 0 Å². The van der Waals surface area contributed by atoms with Crippen molar-refractivity contribution in [3.05, 3.63) is 35.9 Å². The Morgan fingerprint density at radius 2 is 1.50 bits per heavy atom. The second-order valence-electron chi connectivity index (χ2n) is 1.69. The second-order valence-corrected chi connectivity index (χ2v) is 2.10. The van der Waals surface area contributed by atoms with E-state index in [1.807, 2.05) is 6.07 Å². The minimum atomic E-state index is 0. The molecule has 0 radical (unpaired) electrons. The van der Waals surface area contributed by atoms with E-state index in [2.05, 4.69) is 33.5 Å². The molecule has 3 heteroatoms. The fourth-order valence-corrected chi connectivity index (χ4v) is 0.886. The highest BCUT2D eigenvalue weighted by Gasteiger charge is 1.80. The Balaban J connectivity index is 0. The standard InChI is InChI=1S/C7H9P.2ClH/c8-6-7-4-2-1-3-5-7;;/h1-5H,6,8H2;2*1H. The first kappa shape index (κ1) is 12.9. The molecule has 1 atom stereocenters. The average Bonchev–Trinajstić information content (AvgIpc) is 1.90. The van der Waals surface area contributed by atoms with Crippen LogP contribution in [0.4, 0.5) is 0 Å². The number of rotatable bonds is 1. The van der Waals surface area contributed by atoms with Crippen LogP contribution in [-0.4, -0.2) is 0 Å². The van der Waals surface area contributed by atoms with Crippen LogP contribution in [0.15, 0.2) is 30.3 Å². The predicted octanol–water partition coefficient (Wildman–Crippen LogP) is 2.91. The van der Waals surface area contributed by atoms with E-state index in [4.69, 9.17) is 0 Å². The molecule has 0 amide bonds. The van der Waals surface area contributed by atoms with Crippen LogP contribution in [0.1, 0.15) is 5.56 Å². The zero-order valence-electron chi connectivity index (χ0n) is 5.49. The third kappa shape index (κ3) is 4.11. The van der Waals surface area contributed by atoms with Crippen LogP contribution in [-0.2, 0) is 6.16 Å². The molecule has 0 nitrogen and oxygen atoms in total. The summed E-state index contributed by atoms with van der Waals surface area (Å²) in [5.74, 6) is 0. The fraction of sp³-hybridized carbons (Fsp3) is 0.143. The lowest BCUT2D eigenvalue weighted by molar-refractivity contribution is 1.42. The molecule has 0 aliphatic carbocycles. The zero-order valence-corrected chi connectivity index (χ0v) is 8.28. The topological polar surface area (TPSA) is 0 Å². The maximum absolute atomic E-state index is 2.69. The van der Waals surface area contributed by atoms with Gasteiger partial charge in [0, 0.05) is 0 Å². The highest BCUT2D eigenvalue weighted by molar-refractivity contribution is 7.15. The highest BCUT2D eigenvalue weighted by atomic mass is 35.5. The smallest absolute Gasteiger partial charge is 0.0128 e. The summed E-state index contributed by atoms with van der Waals surface area (Å²) < 4.78 is 0. The fourth-order valence-electron chi connectivity index (χ4n) is 0.614. The summed E-state index contributed by atoms with van der Waals surface area (Å²) in [5, 5.41) is 0. The van der Waals surface area contributed by atoms with Crippen LogP contribution in [0, 0.1) is 0 Å². The van der Waals surface area contributed by atoms with Gasteiger partial charge in [0.1, 0.15) is 0 Å². The van der Waals surface area contributed by atoms with Crippen molar-refractivity contribution in [2.24, 2.45) is 0 Å². The number of hydrogen-bond donors (Lipinski definition) is 0. The van der Waals surface area contributed by atoms with Gasteiger partial charge in [-0.25, -0.2) is 0 Å². The highest BCUT2D eigenvalue weighted by Crippen LogP contribution is 2.02. The molecular weight excluding hydrogens is 186 g/mol. The van der Waals surface area contributed by atoms with E-state index in [0.717, 1.165) is 6.16 Å². The van der Waals surface area contributed by atoms with Crippen LogP contribution in [0.3, 0.4) is 0 Å². The summed E-state index contributed by atoms with van der Waals surface area (Å²) in [4.78, 5) is 0. The van der Waals surface area contributed by atoms with Crippen LogP contribution < -0.4 is 0 Å². The minimum absolute atomic E-state index is 0. The Bertz CT molecular complexity index is 153. The van der Waals surface area contributed by atoms with Crippen molar-refractivity contribution in [2.45, 2.75) is 6.16 Å². The Morgan fingerprint density at radius 1 is 1.00 bits per heavy atom. The molecule has 0 bridgehead atoms. The van der Waals surface area contributed by atoms with Gasteiger partial charge in [0.2, 0.25) is 0 Å². The van der Waals surface area contributed by atoms with Gasteiger partial charge in [-0.15, -0.1) is 34.1 Å². The molecule has 1 aromatic carbocycles. The molecule has 0 aromatic heterocycles. The lowest BCUT2D eigenvalue weighted by atomic mass is 10.2. The van der Waals surface area contributed by atoms with E-state index in [1.165, 1.54) is 5.56 Å². The predicted molar refractivity (Wildman–Crippen MR) is 54.4 cm³/mol. The van der Waals surface area contributed by atoms with Gasteiger partial charge in [0.05, 0.1) is 0 Å². The molecule has 1 rings (SSSR count). The summed E-state index contributed by atoms with van der Waals surface area (Å²) in [7, 11) is 2.69. The Hall–Kier alpha value is 0.230. The number of benzene rings is 1. The third-order valence-corrected chi connectivity index (χ3v) is 1.55. The van der Waals surface area contributed by atoms with Gasteiger partial charge < -0.3 is 0 Å². The Labute approximate surface area is 76.4 Å². The first-order valence-electron chi connectivity index (χ1n) is 2.67. The summed E-state index contributed by atoms with van der Waals surface area (Å²) >= 11 is 0. The SMILES string of the molecule is Cl.Cl.PCc1ccccc1. The molecule has 58 valence electrons. The van der Waals surface area contributed by atoms with Gasteiger partial charge in [0.25, 0.3) is 0 Å². The first-order valence-corrected chi connectivity index (χ1v) is 3.49. The van der Waals surface area contributed by atoms with E-state index in [-0.39, 0.29) is 24.8 Å². The van der Waals surface area contributed by atoms with E-state index in [0.29, 0.717) is 0 Å². The van der Waals surface area contributed by atoms with E-state index in [9.17, 15) is 0 Å². The molecule has 0 saturated heterocycles. The summed E-state index contributed by atoms with van der Waals surface area (Å²) in [5.41, 5.74) is 1.37. The molecule has 0 fully saturated rings. The first-order chi connectivity index (χ1) is 3.93. The van der Waals surface area contributed by atoms with Gasteiger partial charge in [-0.2, -0.15) is 0 Å². The van der Waals surface area contributed by atoms with Gasteiger partial charge >= 0.3 is 0 Å². The van der Waals surface area contributed by atoms with Crippen molar-refractivity contribution >= 4 is 34.1 Å². The van der Waals surface area contributed by atoms with Gasteiger partial charge in [0.15, 0.2) is 0 Å². The molecule has 0 heterocycles. The van der Waals surface area contributed by atoms with Crippen molar-refractivity contribution in [2.75, 3.05) is 0 Å². The third-order valence-electron chi connectivity index (χ3n) is 1.08. The summed E-state index contributed by atoms with van der Waals surface area (Å²) in [6.45, 7) is 0. The summed E-state index contributed by atoms with van der Waals surface area (Å²) in [6, 6.07) is 10.4. The van der Waals surface area contributed by atoms with Gasteiger partial charge in [-0.1, -0.05) is 30.3 Å². The second kappa shape index (κ2) is 7.34. The normalized spacial score (nSPS) is 7.30. The van der Waals surface area contributed by atoms with Crippen molar-refractivity contribution < 1.29 is 0 Å². The maximum Gasteiger partial charge on any atom is -0.0128 e. The number of halogens is 2. The van der Waals surface area contributed by atoms with Crippen LogP contribution in [0.2, 0.25) is 0 Å². The average molecular weight is 197 g/mol. The Morgan fingerprint density at radius 3 is 1.80 bits per heavy atom. The van der Waals surface area contributed by atoms with Crippen LogP contribution in [0.5, 0.6) is 0 Å². The molecular formula is C7H11Cl2P. The monoisotopic (exact) mass is 196 g/mol. The minimum Gasteiger partial charge on any atom is -0.147 e. The lowest BCUT2D eigenvalue weighted by Crippen LogP contribution is -1.70. The van der Waals surface area contributed by atoms with E-state index >= 15 is 0 Å². The molecule has 0 N–H and O–H groups in total. The molecule has 0 saturated carbocycles. The Kier molecular flexibility index (Phi) is 9.44. The van der Waals surface area contributed by atoms with Gasteiger partial charge in [-0.05, 0) is 11.7 Å². The molecule has 0 spiro atoms. The molecule has 10 heavy (non-hydrogen) atoms. The number of hydrogen-bond acceptors (Lipinski definition) is 0. The maximum atomic E-state index is 2.69. The summed E-state index contributed by atoms with van der Waals surface area (Å²) in [6.07, 6.45) is 1.06. The molecule has 0 aliphatic rings. The van der Waals surface area contributed by atoms with Crippen molar-refractivity contribution in [3.8, 4) is 0 Å². The molecule has 1 unspecified atom stereocenters. The van der Waals surface area contributed by atoms with E-state index < -0.39 is 0 Å².